The largest absolute Gasteiger partial charge is 0.336 e. The topological polar surface area (TPSA) is 85.4 Å². The summed E-state index contributed by atoms with van der Waals surface area (Å²) in [5, 5.41) is 14.8. The van der Waals surface area contributed by atoms with Crippen LogP contribution in [0.4, 0.5) is 0 Å². The minimum absolute atomic E-state index is 0.696. The van der Waals surface area contributed by atoms with E-state index < -0.39 is 0 Å². The first-order valence-electron chi connectivity index (χ1n) is 3.62. The van der Waals surface area contributed by atoms with Gasteiger partial charge in [0.15, 0.2) is 0 Å². The molecule has 0 aliphatic heterocycles. The summed E-state index contributed by atoms with van der Waals surface area (Å²) < 4.78 is 1.39. The summed E-state index contributed by atoms with van der Waals surface area (Å²) in [6.07, 6.45) is 5.08. The number of nitrogens with one attached hydrogen (secondary N) is 1. The number of hydrogen-bond acceptors (Lipinski definition) is 5. The molecular weight excluding hydrogens is 188 g/mol. The number of hydrogen-bond donors (Lipinski definition) is 2. The molecule has 0 aliphatic rings. The second kappa shape index (κ2) is 3.48. The van der Waals surface area contributed by atoms with Gasteiger partial charge in [-0.2, -0.15) is 5.10 Å². The smallest absolute Gasteiger partial charge is 0.209 e. The van der Waals surface area contributed by atoms with Crippen molar-refractivity contribution in [3.8, 4) is 0 Å². The van der Waals surface area contributed by atoms with Crippen molar-refractivity contribution >= 4 is 11.8 Å². The lowest BCUT2D eigenvalue weighted by atomic mass is 10.4. The van der Waals surface area contributed by atoms with Crippen LogP contribution in [-0.2, 0) is 5.75 Å². The maximum atomic E-state index is 5.53. The zero-order valence-corrected chi connectivity index (χ0v) is 7.53. The third-order valence-corrected chi connectivity index (χ3v) is 2.49. The highest BCUT2D eigenvalue weighted by Gasteiger charge is 2.02. The van der Waals surface area contributed by atoms with Crippen molar-refractivity contribution < 1.29 is 0 Å². The SMILES string of the molecule is Nn1cnnc1SCc1cn[nH]c1. The first kappa shape index (κ1) is 8.11. The number of aromatic nitrogens is 5. The fourth-order valence-electron chi connectivity index (χ4n) is 0.840. The van der Waals surface area contributed by atoms with Crippen LogP contribution in [0.15, 0.2) is 23.9 Å². The first-order chi connectivity index (χ1) is 6.36. The van der Waals surface area contributed by atoms with E-state index in [9.17, 15) is 0 Å². The fraction of sp³-hybridized carbons (Fsp3) is 0.167. The van der Waals surface area contributed by atoms with Gasteiger partial charge in [-0.1, -0.05) is 11.8 Å². The highest BCUT2D eigenvalue weighted by molar-refractivity contribution is 7.98. The van der Waals surface area contributed by atoms with Crippen LogP contribution >= 0.6 is 11.8 Å². The van der Waals surface area contributed by atoms with Gasteiger partial charge >= 0.3 is 0 Å². The summed E-state index contributed by atoms with van der Waals surface area (Å²) in [5.74, 6) is 6.31. The monoisotopic (exact) mass is 196 g/mol. The average molecular weight is 196 g/mol. The predicted molar refractivity (Wildman–Crippen MR) is 48.3 cm³/mol. The lowest BCUT2D eigenvalue weighted by Gasteiger charge is -1.96. The third kappa shape index (κ3) is 1.81. The van der Waals surface area contributed by atoms with Crippen molar-refractivity contribution in [2.24, 2.45) is 0 Å². The molecule has 0 saturated carbocycles. The van der Waals surface area contributed by atoms with Crippen LogP contribution < -0.4 is 5.84 Å². The van der Waals surface area contributed by atoms with Crippen molar-refractivity contribution in [3.05, 3.63) is 24.3 Å². The van der Waals surface area contributed by atoms with Crippen molar-refractivity contribution in [2.75, 3.05) is 5.84 Å². The Kier molecular flexibility index (Phi) is 2.17. The second-order valence-corrected chi connectivity index (χ2v) is 3.36. The first-order valence-corrected chi connectivity index (χ1v) is 4.60. The highest BCUT2D eigenvalue weighted by Crippen LogP contribution is 2.17. The molecule has 6 nitrogen and oxygen atoms in total. The Morgan fingerprint density at radius 1 is 1.62 bits per heavy atom. The maximum absolute atomic E-state index is 5.53. The molecule has 0 radical (unpaired) electrons. The van der Waals surface area contributed by atoms with Gasteiger partial charge in [0.05, 0.1) is 6.20 Å². The Morgan fingerprint density at radius 3 is 3.15 bits per heavy atom. The zero-order chi connectivity index (χ0) is 9.10. The van der Waals surface area contributed by atoms with Gasteiger partial charge < -0.3 is 5.84 Å². The van der Waals surface area contributed by atoms with Crippen molar-refractivity contribution in [3.63, 3.8) is 0 Å². The molecule has 7 heteroatoms. The molecule has 3 N–H and O–H groups in total. The molecule has 2 heterocycles. The summed E-state index contributed by atoms with van der Waals surface area (Å²) in [6.45, 7) is 0. The summed E-state index contributed by atoms with van der Waals surface area (Å²) in [4.78, 5) is 0. The quantitative estimate of drug-likeness (QED) is 0.533. The molecule has 2 rings (SSSR count). The molecule has 0 amide bonds. The zero-order valence-electron chi connectivity index (χ0n) is 6.71. The van der Waals surface area contributed by atoms with Gasteiger partial charge in [-0.3, -0.25) is 5.10 Å². The van der Waals surface area contributed by atoms with Crippen molar-refractivity contribution in [1.29, 1.82) is 0 Å². The van der Waals surface area contributed by atoms with Gasteiger partial charge in [-0.15, -0.1) is 10.2 Å². The van der Waals surface area contributed by atoms with E-state index in [0.717, 1.165) is 11.3 Å². The van der Waals surface area contributed by atoms with Crippen molar-refractivity contribution in [1.82, 2.24) is 25.1 Å². The number of nitrogens with two attached hydrogens (primary N) is 1. The van der Waals surface area contributed by atoms with Gasteiger partial charge in [0, 0.05) is 17.5 Å². The summed E-state index contributed by atoms with van der Waals surface area (Å²) in [7, 11) is 0. The minimum atomic E-state index is 0.696. The Hall–Kier alpha value is -1.50. The molecule has 0 atom stereocenters. The Labute approximate surface area is 78.5 Å². The summed E-state index contributed by atoms with van der Waals surface area (Å²) in [6, 6.07) is 0. The second-order valence-electron chi connectivity index (χ2n) is 2.42. The van der Waals surface area contributed by atoms with E-state index in [1.807, 2.05) is 6.20 Å². The number of nitrogen functional groups attached to an aromatic ring is 1. The molecule has 0 saturated heterocycles. The van der Waals surface area contributed by atoms with E-state index in [-0.39, 0.29) is 0 Å². The number of nitrogens with zero attached hydrogens (tertiary/aromatic N) is 4. The number of H-pyrrole nitrogens is 1. The van der Waals surface area contributed by atoms with Crippen molar-refractivity contribution in [2.45, 2.75) is 10.9 Å². The number of aromatic amines is 1. The van der Waals surface area contributed by atoms with Gasteiger partial charge in [0.25, 0.3) is 0 Å². The highest BCUT2D eigenvalue weighted by atomic mass is 32.2. The van der Waals surface area contributed by atoms with Crippen LogP contribution in [0.5, 0.6) is 0 Å². The molecule has 0 unspecified atom stereocenters. The Bertz CT molecular complexity index is 366. The lowest BCUT2D eigenvalue weighted by molar-refractivity contribution is 0.846. The summed E-state index contributed by atoms with van der Waals surface area (Å²) >= 11 is 1.52. The van der Waals surface area contributed by atoms with E-state index in [1.54, 1.807) is 6.20 Å². The van der Waals surface area contributed by atoms with Gasteiger partial charge in [-0.25, -0.2) is 4.68 Å². The molecule has 68 valence electrons. The molecule has 0 spiro atoms. The molecule has 0 fully saturated rings. The Balaban J connectivity index is 1.97. The average Bonchev–Trinajstić information content (AvgIpc) is 2.72. The number of thioether (sulfide) groups is 1. The van der Waals surface area contributed by atoms with E-state index >= 15 is 0 Å². The van der Waals surface area contributed by atoms with Gasteiger partial charge in [0.1, 0.15) is 6.33 Å². The molecule has 0 bridgehead atoms. The lowest BCUT2D eigenvalue weighted by Crippen LogP contribution is -2.07. The van der Waals surface area contributed by atoms with E-state index in [1.165, 1.54) is 22.8 Å². The minimum Gasteiger partial charge on any atom is -0.336 e. The van der Waals surface area contributed by atoms with Crippen LogP contribution in [0.25, 0.3) is 0 Å². The number of rotatable bonds is 3. The van der Waals surface area contributed by atoms with E-state index in [4.69, 9.17) is 5.84 Å². The van der Waals surface area contributed by atoms with Gasteiger partial charge in [-0.05, 0) is 0 Å². The predicted octanol–water partition coefficient (Wildman–Crippen LogP) is 0.00730. The van der Waals surface area contributed by atoms with Crippen LogP contribution in [0.1, 0.15) is 5.56 Å². The van der Waals surface area contributed by atoms with Crippen LogP contribution in [0, 0.1) is 0 Å². The molecule has 2 aromatic rings. The van der Waals surface area contributed by atoms with E-state index in [2.05, 4.69) is 20.4 Å². The third-order valence-electron chi connectivity index (χ3n) is 1.46. The van der Waals surface area contributed by atoms with Crippen LogP contribution in [-0.4, -0.2) is 25.1 Å². The normalized spacial score (nSPS) is 10.5. The molecule has 0 aromatic carbocycles. The standard InChI is InChI=1S/C6H8N6S/c7-12-4-10-11-6(12)13-3-5-1-8-9-2-5/h1-2,4H,3,7H2,(H,8,9). The molecule has 2 aromatic heterocycles. The fourth-order valence-corrected chi connectivity index (χ4v) is 1.59. The molecule has 13 heavy (non-hydrogen) atoms. The maximum Gasteiger partial charge on any atom is 0.209 e. The molecule has 0 aliphatic carbocycles. The summed E-state index contributed by atoms with van der Waals surface area (Å²) in [5.41, 5.74) is 1.10. The van der Waals surface area contributed by atoms with Crippen LogP contribution in [0.3, 0.4) is 0 Å². The van der Waals surface area contributed by atoms with Gasteiger partial charge in [0.2, 0.25) is 5.16 Å². The molecular formula is C6H8N6S. The van der Waals surface area contributed by atoms with E-state index in [0.29, 0.717) is 5.16 Å². The Morgan fingerprint density at radius 2 is 2.54 bits per heavy atom. The van der Waals surface area contributed by atoms with Crippen LogP contribution in [0.2, 0.25) is 0 Å².